The summed E-state index contributed by atoms with van der Waals surface area (Å²) in [5, 5.41) is 0. The van der Waals surface area contributed by atoms with Crippen LogP contribution < -0.4 is 0 Å². The number of hydrogen-bond donors (Lipinski definition) is 0. The summed E-state index contributed by atoms with van der Waals surface area (Å²) in [6.45, 7) is 2.37. The van der Waals surface area contributed by atoms with Gasteiger partial charge in [0.05, 0.1) is 17.1 Å². The van der Waals surface area contributed by atoms with Crippen LogP contribution in [0.1, 0.15) is 32.7 Å². The van der Waals surface area contributed by atoms with Crippen molar-refractivity contribution in [3.63, 3.8) is 0 Å². The maximum absolute atomic E-state index is 13.1. The average Bonchev–Trinajstić information content (AvgIpc) is 3.13. The molecule has 2 aromatic carbocycles. The van der Waals surface area contributed by atoms with Gasteiger partial charge in [0.2, 0.25) is 0 Å². The highest BCUT2D eigenvalue weighted by Crippen LogP contribution is 2.21. The molecule has 4 rings (SSSR count). The van der Waals surface area contributed by atoms with Crippen LogP contribution in [0.2, 0.25) is 0 Å². The number of hydrogen-bond acceptors (Lipinski definition) is 5. The standard InChI is InChI=1S/C22H24N2O4S/c25-21(17-6-2-1-3-7-17)19-8-4-5-9-20(19)22(26)24-13-11-23(12-14-24)18-10-15-29(27,28)16-18/h1-9,18H,10-16H2/t18-/m1/s1. The summed E-state index contributed by atoms with van der Waals surface area (Å²) in [5.41, 5.74) is 1.38. The number of carbonyl (C=O) groups is 2. The van der Waals surface area contributed by atoms with Gasteiger partial charge in [-0.25, -0.2) is 8.42 Å². The monoisotopic (exact) mass is 412 g/mol. The van der Waals surface area contributed by atoms with E-state index in [1.807, 2.05) is 6.07 Å². The molecule has 2 saturated heterocycles. The van der Waals surface area contributed by atoms with Gasteiger partial charge in [-0.1, -0.05) is 48.5 Å². The molecule has 6 nitrogen and oxygen atoms in total. The molecule has 0 unspecified atom stereocenters. The molecule has 0 radical (unpaired) electrons. The Kier molecular flexibility index (Phi) is 5.52. The Bertz CT molecular complexity index is 1010. The lowest BCUT2D eigenvalue weighted by Gasteiger charge is -2.37. The van der Waals surface area contributed by atoms with Crippen LogP contribution in [0.15, 0.2) is 54.6 Å². The molecule has 2 fully saturated rings. The molecule has 2 aromatic rings. The van der Waals surface area contributed by atoms with Crippen LogP contribution in [0.25, 0.3) is 0 Å². The van der Waals surface area contributed by atoms with Gasteiger partial charge in [0.15, 0.2) is 15.6 Å². The van der Waals surface area contributed by atoms with Crippen LogP contribution in [0.4, 0.5) is 0 Å². The fourth-order valence-corrected chi connectivity index (χ4v) is 5.90. The summed E-state index contributed by atoms with van der Waals surface area (Å²) in [6.07, 6.45) is 0.671. The van der Waals surface area contributed by atoms with Gasteiger partial charge in [-0.2, -0.15) is 0 Å². The summed E-state index contributed by atoms with van der Waals surface area (Å²) in [6, 6.07) is 16.0. The van der Waals surface area contributed by atoms with Crippen molar-refractivity contribution in [3.05, 3.63) is 71.3 Å². The number of nitrogens with zero attached hydrogens (tertiary/aromatic N) is 2. The van der Waals surface area contributed by atoms with E-state index >= 15 is 0 Å². The zero-order valence-corrected chi connectivity index (χ0v) is 17.0. The van der Waals surface area contributed by atoms with E-state index in [0.29, 0.717) is 49.3 Å². The fraction of sp³-hybridized carbons (Fsp3) is 0.364. The van der Waals surface area contributed by atoms with E-state index in [1.54, 1.807) is 53.4 Å². The Morgan fingerprint density at radius 2 is 1.45 bits per heavy atom. The first-order chi connectivity index (χ1) is 13.9. The Hall–Kier alpha value is -2.51. The van der Waals surface area contributed by atoms with Crippen LogP contribution >= 0.6 is 0 Å². The number of rotatable bonds is 4. The van der Waals surface area contributed by atoms with E-state index in [1.165, 1.54) is 0 Å². The summed E-state index contributed by atoms with van der Waals surface area (Å²) in [4.78, 5) is 30.0. The van der Waals surface area contributed by atoms with Crippen molar-refractivity contribution in [1.29, 1.82) is 0 Å². The van der Waals surface area contributed by atoms with Crippen molar-refractivity contribution in [3.8, 4) is 0 Å². The summed E-state index contributed by atoms with van der Waals surface area (Å²) < 4.78 is 23.5. The van der Waals surface area contributed by atoms with Crippen LogP contribution in [0, 0.1) is 0 Å². The van der Waals surface area contributed by atoms with Gasteiger partial charge < -0.3 is 4.90 Å². The number of benzene rings is 2. The lowest BCUT2D eigenvalue weighted by molar-refractivity contribution is 0.0585. The molecule has 2 aliphatic rings. The van der Waals surface area contributed by atoms with Crippen LogP contribution in [-0.2, 0) is 9.84 Å². The zero-order chi connectivity index (χ0) is 20.4. The highest BCUT2D eigenvalue weighted by atomic mass is 32.2. The highest BCUT2D eigenvalue weighted by molar-refractivity contribution is 7.91. The van der Waals surface area contributed by atoms with E-state index in [0.717, 1.165) is 0 Å². The van der Waals surface area contributed by atoms with Gasteiger partial charge in [-0.3, -0.25) is 14.5 Å². The van der Waals surface area contributed by atoms with Crippen molar-refractivity contribution < 1.29 is 18.0 Å². The van der Waals surface area contributed by atoms with Crippen molar-refractivity contribution in [1.82, 2.24) is 9.80 Å². The minimum Gasteiger partial charge on any atom is -0.336 e. The van der Waals surface area contributed by atoms with Crippen molar-refractivity contribution in [2.45, 2.75) is 12.5 Å². The van der Waals surface area contributed by atoms with E-state index in [4.69, 9.17) is 0 Å². The number of piperazine rings is 1. The zero-order valence-electron chi connectivity index (χ0n) is 16.2. The summed E-state index contributed by atoms with van der Waals surface area (Å²) >= 11 is 0. The molecule has 7 heteroatoms. The maximum atomic E-state index is 13.1. The molecule has 152 valence electrons. The Balaban J connectivity index is 1.47. The second kappa shape index (κ2) is 8.08. The normalized spacial score (nSPS) is 21.8. The molecule has 0 aromatic heterocycles. The Morgan fingerprint density at radius 3 is 2.07 bits per heavy atom. The molecule has 0 aliphatic carbocycles. The van der Waals surface area contributed by atoms with Gasteiger partial charge in [-0.05, 0) is 12.5 Å². The number of amides is 1. The smallest absolute Gasteiger partial charge is 0.254 e. The van der Waals surface area contributed by atoms with Crippen LogP contribution in [-0.4, -0.2) is 73.6 Å². The molecule has 0 spiro atoms. The number of sulfone groups is 1. The predicted octanol–water partition coefficient (Wildman–Crippen LogP) is 1.86. The first-order valence-corrected chi connectivity index (χ1v) is 11.7. The Morgan fingerprint density at radius 1 is 0.828 bits per heavy atom. The maximum Gasteiger partial charge on any atom is 0.254 e. The highest BCUT2D eigenvalue weighted by Gasteiger charge is 2.34. The third kappa shape index (κ3) is 4.26. The van der Waals surface area contributed by atoms with E-state index in [-0.39, 0.29) is 29.2 Å². The van der Waals surface area contributed by atoms with Crippen LogP contribution in [0.5, 0.6) is 0 Å². The van der Waals surface area contributed by atoms with Crippen molar-refractivity contribution >= 4 is 21.5 Å². The molecule has 0 saturated carbocycles. The minimum atomic E-state index is -2.92. The quantitative estimate of drug-likeness (QED) is 0.717. The molecule has 0 N–H and O–H groups in total. The fourth-order valence-electron chi connectivity index (χ4n) is 4.14. The first-order valence-electron chi connectivity index (χ1n) is 9.87. The molecule has 29 heavy (non-hydrogen) atoms. The lowest BCUT2D eigenvalue weighted by Crippen LogP contribution is -2.52. The lowest BCUT2D eigenvalue weighted by atomic mass is 9.97. The second-order valence-electron chi connectivity index (χ2n) is 7.63. The number of carbonyl (C=O) groups excluding carboxylic acids is 2. The third-order valence-electron chi connectivity index (χ3n) is 5.76. The summed E-state index contributed by atoms with van der Waals surface area (Å²) in [5.74, 6) is 0.161. The largest absolute Gasteiger partial charge is 0.336 e. The number of ketones is 1. The van der Waals surface area contributed by atoms with Gasteiger partial charge in [0.1, 0.15) is 0 Å². The first kappa shape index (κ1) is 19.8. The molecule has 2 heterocycles. The van der Waals surface area contributed by atoms with E-state index < -0.39 is 9.84 Å². The average molecular weight is 413 g/mol. The van der Waals surface area contributed by atoms with Gasteiger partial charge >= 0.3 is 0 Å². The molecular weight excluding hydrogens is 388 g/mol. The van der Waals surface area contributed by atoms with Gasteiger partial charge in [0.25, 0.3) is 5.91 Å². The van der Waals surface area contributed by atoms with Crippen LogP contribution in [0.3, 0.4) is 0 Å². The van der Waals surface area contributed by atoms with E-state index in [2.05, 4.69) is 4.90 Å². The SMILES string of the molecule is O=C(c1ccccc1)c1ccccc1C(=O)N1CCN([C@@H]2CCS(=O)(=O)C2)CC1. The predicted molar refractivity (Wildman–Crippen MR) is 111 cm³/mol. The molecule has 1 amide bonds. The van der Waals surface area contributed by atoms with Crippen molar-refractivity contribution in [2.75, 3.05) is 37.7 Å². The van der Waals surface area contributed by atoms with E-state index in [9.17, 15) is 18.0 Å². The topological polar surface area (TPSA) is 74.8 Å². The molecular formula is C22H24N2O4S. The van der Waals surface area contributed by atoms with Gasteiger partial charge in [-0.15, -0.1) is 0 Å². The molecule has 1 atom stereocenters. The second-order valence-corrected chi connectivity index (χ2v) is 9.85. The molecule has 2 aliphatic heterocycles. The van der Waals surface area contributed by atoms with Crippen molar-refractivity contribution in [2.24, 2.45) is 0 Å². The Labute approximate surface area is 171 Å². The molecule has 0 bridgehead atoms. The minimum absolute atomic E-state index is 0.0594. The third-order valence-corrected chi connectivity index (χ3v) is 7.51. The van der Waals surface area contributed by atoms with Gasteiger partial charge in [0, 0.05) is 43.3 Å². The summed E-state index contributed by atoms with van der Waals surface area (Å²) in [7, 11) is -2.92.